The second kappa shape index (κ2) is 13.7. The summed E-state index contributed by atoms with van der Waals surface area (Å²) in [6.07, 6.45) is 0. The Labute approximate surface area is 342 Å². The van der Waals surface area contributed by atoms with Crippen LogP contribution in [0.3, 0.4) is 0 Å². The van der Waals surface area contributed by atoms with Crippen molar-refractivity contribution in [3.05, 3.63) is 223 Å². The standard InChI is InChI=1S/C55H41N/c1-55(2)53-24-9-8-20-51(53)52-23-12-22-50(54(52)55)42-29-35-47(36-30-42)56(45-31-25-39(26-32-45)38-13-4-3-5-14-38)46-33-27-40(28-34-46)43-17-10-18-44(37-43)49-21-11-16-41-15-6-7-19-48(41)49/h3-37H,1-2H3/i3D,4D,5D,13D,14D,25D,26D,31D,32D. The van der Waals surface area contributed by atoms with Gasteiger partial charge in [-0.25, -0.2) is 0 Å². The van der Waals surface area contributed by atoms with Crippen molar-refractivity contribution in [1.82, 2.24) is 0 Å². The number of rotatable bonds is 7. The highest BCUT2D eigenvalue weighted by Crippen LogP contribution is 2.52. The first-order valence-corrected chi connectivity index (χ1v) is 18.8. The molecule has 0 aliphatic heterocycles. The van der Waals surface area contributed by atoms with Crippen LogP contribution in [0.4, 0.5) is 17.1 Å². The van der Waals surface area contributed by atoms with Crippen LogP contribution in [-0.4, -0.2) is 0 Å². The summed E-state index contributed by atoms with van der Waals surface area (Å²) >= 11 is 0. The largest absolute Gasteiger partial charge is 0.311 e. The molecule has 0 aromatic heterocycles. The van der Waals surface area contributed by atoms with Crippen molar-refractivity contribution in [3.8, 4) is 55.6 Å². The summed E-state index contributed by atoms with van der Waals surface area (Å²) in [7, 11) is 0. The van der Waals surface area contributed by atoms with Gasteiger partial charge in [0.05, 0.1) is 12.3 Å². The molecular formula is C55H41N. The van der Waals surface area contributed by atoms with Crippen LogP contribution in [-0.2, 0) is 5.41 Å². The second-order valence-electron chi connectivity index (χ2n) is 14.7. The van der Waals surface area contributed by atoms with Crippen molar-refractivity contribution >= 4 is 27.8 Å². The molecule has 0 bridgehead atoms. The summed E-state index contributed by atoms with van der Waals surface area (Å²) in [4.78, 5) is 1.70. The van der Waals surface area contributed by atoms with Gasteiger partial charge in [0.1, 0.15) is 0 Å². The molecule has 0 spiro atoms. The molecule has 0 atom stereocenters. The van der Waals surface area contributed by atoms with Gasteiger partial charge in [-0.15, -0.1) is 0 Å². The Kier molecular flexibility index (Phi) is 6.17. The lowest BCUT2D eigenvalue weighted by atomic mass is 9.79. The van der Waals surface area contributed by atoms with Gasteiger partial charge in [0.25, 0.3) is 0 Å². The zero-order chi connectivity index (χ0) is 45.5. The van der Waals surface area contributed by atoms with Gasteiger partial charge in [0.15, 0.2) is 0 Å². The monoisotopic (exact) mass is 724 g/mol. The third-order valence-corrected chi connectivity index (χ3v) is 11.0. The molecule has 1 aliphatic rings. The van der Waals surface area contributed by atoms with Crippen LogP contribution in [0.5, 0.6) is 0 Å². The Morgan fingerprint density at radius 2 is 0.964 bits per heavy atom. The summed E-state index contributed by atoms with van der Waals surface area (Å²) in [6.45, 7) is 4.49. The molecule has 0 radical (unpaired) electrons. The van der Waals surface area contributed by atoms with Crippen molar-refractivity contribution < 1.29 is 12.3 Å². The van der Waals surface area contributed by atoms with Gasteiger partial charge in [-0.2, -0.15) is 0 Å². The zero-order valence-electron chi connectivity index (χ0n) is 40.0. The maximum absolute atomic E-state index is 9.46. The highest BCUT2D eigenvalue weighted by molar-refractivity contribution is 5.97. The summed E-state index contributed by atoms with van der Waals surface area (Å²) in [6, 6.07) is 48.5. The van der Waals surface area contributed by atoms with E-state index < -0.39 is 54.4 Å². The lowest BCUT2D eigenvalue weighted by Crippen LogP contribution is -2.16. The number of anilines is 3. The van der Waals surface area contributed by atoms with Crippen LogP contribution in [0.1, 0.15) is 37.3 Å². The van der Waals surface area contributed by atoms with Gasteiger partial charge in [-0.05, 0) is 120 Å². The van der Waals surface area contributed by atoms with E-state index in [1.807, 2.05) is 66.7 Å². The van der Waals surface area contributed by atoms with E-state index in [1.165, 1.54) is 22.3 Å². The van der Waals surface area contributed by atoms with Gasteiger partial charge in [-0.1, -0.05) is 184 Å². The Bertz CT molecular complexity index is 3330. The van der Waals surface area contributed by atoms with Crippen molar-refractivity contribution in [1.29, 1.82) is 0 Å². The molecule has 1 heteroatoms. The fourth-order valence-electron chi connectivity index (χ4n) is 8.35. The van der Waals surface area contributed by atoms with E-state index in [9.17, 15) is 5.48 Å². The third-order valence-electron chi connectivity index (χ3n) is 11.0. The molecule has 0 amide bonds. The first-order valence-electron chi connectivity index (χ1n) is 23.3. The van der Waals surface area contributed by atoms with E-state index in [4.69, 9.17) is 6.85 Å². The van der Waals surface area contributed by atoms with E-state index in [1.54, 1.807) is 4.90 Å². The molecule has 1 nitrogen and oxygen atoms in total. The molecule has 56 heavy (non-hydrogen) atoms. The molecule has 266 valence electrons. The summed E-state index contributed by atoms with van der Waals surface area (Å²) in [5, 5.41) is 2.32. The van der Waals surface area contributed by atoms with Crippen LogP contribution < -0.4 is 4.90 Å². The van der Waals surface area contributed by atoms with Crippen LogP contribution in [0.25, 0.3) is 66.4 Å². The maximum Gasteiger partial charge on any atom is 0.0645 e. The minimum Gasteiger partial charge on any atom is -0.311 e. The fourth-order valence-corrected chi connectivity index (χ4v) is 8.35. The number of fused-ring (bicyclic) bond motifs is 4. The van der Waals surface area contributed by atoms with Gasteiger partial charge >= 0.3 is 0 Å². The minimum absolute atomic E-state index is 0.0493. The van der Waals surface area contributed by atoms with Crippen LogP contribution in [0.15, 0.2) is 212 Å². The molecule has 0 fully saturated rings. The van der Waals surface area contributed by atoms with E-state index in [0.717, 1.165) is 44.2 Å². The minimum atomic E-state index is -0.622. The predicted octanol–water partition coefficient (Wildman–Crippen LogP) is 15.3. The smallest absolute Gasteiger partial charge is 0.0645 e. The SMILES string of the molecule is [2H]c1c([2H])c([2H])c(-c2c([2H])c([2H])c(N(c3ccc(-c4cccc(-c5cccc6ccccc56)c4)cc3)c3ccc(-c4cccc5c4C(C)(C)c4ccccc4-5)cc3)c([2H])c2[2H])c([2H])c1[2H]. The highest BCUT2D eigenvalue weighted by Gasteiger charge is 2.37. The average Bonchev–Trinajstić information content (AvgIpc) is 3.58. The number of benzene rings is 9. The molecule has 0 saturated carbocycles. The maximum atomic E-state index is 9.46. The first kappa shape index (κ1) is 25.2. The van der Waals surface area contributed by atoms with Crippen molar-refractivity contribution in [3.63, 3.8) is 0 Å². The van der Waals surface area contributed by atoms with Gasteiger partial charge in [0, 0.05) is 22.5 Å². The molecular weight excluding hydrogens is 675 g/mol. The number of nitrogens with zero attached hydrogens (tertiary/aromatic N) is 1. The van der Waals surface area contributed by atoms with Crippen LogP contribution >= 0.6 is 0 Å². The molecule has 9 aromatic carbocycles. The quantitative estimate of drug-likeness (QED) is 0.158. The summed E-state index contributed by atoms with van der Waals surface area (Å²) in [5.74, 6) is 0. The third kappa shape index (κ3) is 5.81. The number of hydrogen-bond donors (Lipinski definition) is 0. The lowest BCUT2D eigenvalue weighted by molar-refractivity contribution is 0.662. The summed E-state index contributed by atoms with van der Waals surface area (Å²) in [5.41, 5.74) is 11.2. The van der Waals surface area contributed by atoms with Crippen molar-refractivity contribution in [2.45, 2.75) is 19.3 Å². The Hall–Kier alpha value is -6.96. The van der Waals surface area contributed by atoms with E-state index >= 15 is 0 Å². The van der Waals surface area contributed by atoms with Gasteiger partial charge < -0.3 is 4.90 Å². The van der Waals surface area contributed by atoms with E-state index in [0.29, 0.717) is 11.4 Å². The Morgan fingerprint density at radius 3 is 1.75 bits per heavy atom. The molecule has 0 N–H and O–H groups in total. The van der Waals surface area contributed by atoms with Gasteiger partial charge in [-0.3, -0.25) is 0 Å². The van der Waals surface area contributed by atoms with Crippen LogP contribution in [0.2, 0.25) is 0 Å². The molecule has 0 unspecified atom stereocenters. The van der Waals surface area contributed by atoms with Crippen molar-refractivity contribution in [2.24, 2.45) is 0 Å². The molecule has 10 rings (SSSR count). The molecule has 9 aromatic rings. The Balaban J connectivity index is 1.11. The lowest BCUT2D eigenvalue weighted by Gasteiger charge is -2.27. The van der Waals surface area contributed by atoms with Gasteiger partial charge in [0.2, 0.25) is 0 Å². The summed E-state index contributed by atoms with van der Waals surface area (Å²) < 4.78 is 79.4. The fraction of sp³-hybridized carbons (Fsp3) is 0.0545. The predicted molar refractivity (Wildman–Crippen MR) is 238 cm³/mol. The molecule has 1 aliphatic carbocycles. The molecule has 0 saturated heterocycles. The van der Waals surface area contributed by atoms with E-state index in [-0.39, 0.29) is 22.2 Å². The molecule has 0 heterocycles. The van der Waals surface area contributed by atoms with Crippen molar-refractivity contribution in [2.75, 3.05) is 4.90 Å². The van der Waals surface area contributed by atoms with Crippen LogP contribution in [0, 0.1) is 0 Å². The normalized spacial score (nSPS) is 14.9. The average molecular weight is 725 g/mol. The topological polar surface area (TPSA) is 3.24 Å². The number of hydrogen-bond acceptors (Lipinski definition) is 1. The highest BCUT2D eigenvalue weighted by atomic mass is 15.1. The second-order valence-corrected chi connectivity index (χ2v) is 14.7. The Morgan fingerprint density at radius 1 is 0.393 bits per heavy atom. The zero-order valence-corrected chi connectivity index (χ0v) is 31.0. The van der Waals surface area contributed by atoms with E-state index in [2.05, 4.69) is 105 Å². The first-order chi connectivity index (χ1) is 31.3.